The minimum atomic E-state index is -0.853. The van der Waals surface area contributed by atoms with Gasteiger partial charge < -0.3 is 20.3 Å². The minimum Gasteiger partial charge on any atom is -0.466 e. The third kappa shape index (κ3) is 58.9. The van der Waals surface area contributed by atoms with Crippen LogP contribution in [0.4, 0.5) is 0 Å². The predicted molar refractivity (Wildman–Crippen MR) is 319 cm³/mol. The summed E-state index contributed by atoms with van der Waals surface area (Å²) in [7, 11) is 0. The molecular formula is C67H125NO5. The van der Waals surface area contributed by atoms with Crippen molar-refractivity contribution in [3.05, 3.63) is 48.6 Å². The third-order valence-electron chi connectivity index (χ3n) is 14.8. The minimum absolute atomic E-state index is 0.00454. The molecular weight excluding hydrogens is 899 g/mol. The van der Waals surface area contributed by atoms with Crippen LogP contribution in [0.15, 0.2) is 48.6 Å². The van der Waals surface area contributed by atoms with Crippen molar-refractivity contribution in [1.29, 1.82) is 0 Å². The molecule has 0 spiro atoms. The van der Waals surface area contributed by atoms with Crippen LogP contribution in [-0.2, 0) is 14.3 Å². The number of rotatable bonds is 60. The molecule has 0 heterocycles. The van der Waals surface area contributed by atoms with Crippen molar-refractivity contribution in [3.63, 3.8) is 0 Å². The van der Waals surface area contributed by atoms with Crippen LogP contribution >= 0.6 is 0 Å². The van der Waals surface area contributed by atoms with E-state index in [-0.39, 0.29) is 18.5 Å². The summed E-state index contributed by atoms with van der Waals surface area (Å²) in [6.07, 6.45) is 80.1. The van der Waals surface area contributed by atoms with E-state index in [4.69, 9.17) is 4.74 Å². The lowest BCUT2D eigenvalue weighted by atomic mass is 10.0. The van der Waals surface area contributed by atoms with Crippen LogP contribution in [-0.4, -0.2) is 47.4 Å². The second-order valence-corrected chi connectivity index (χ2v) is 22.1. The maximum atomic E-state index is 12.5. The number of carbonyl (C=O) groups excluding carboxylic acids is 2. The van der Waals surface area contributed by atoms with E-state index in [1.54, 1.807) is 6.08 Å². The smallest absolute Gasteiger partial charge is 0.305 e. The Hall–Kier alpha value is -2.18. The number of allylic oxidation sites excluding steroid dienone is 7. The number of unbranched alkanes of at least 4 members (excludes halogenated alkanes) is 43. The zero-order valence-corrected chi connectivity index (χ0v) is 48.9. The Balaban J connectivity index is 3.47. The number of aliphatic hydroxyl groups excluding tert-OH is 2. The van der Waals surface area contributed by atoms with Gasteiger partial charge in [-0.3, -0.25) is 9.59 Å². The van der Waals surface area contributed by atoms with Crippen molar-refractivity contribution < 1.29 is 24.5 Å². The Bertz CT molecular complexity index is 1230. The Morgan fingerprint density at radius 1 is 0.384 bits per heavy atom. The summed E-state index contributed by atoms with van der Waals surface area (Å²) >= 11 is 0. The van der Waals surface area contributed by atoms with Crippen LogP contribution < -0.4 is 5.32 Å². The standard InChI is InChI=1S/C67H125NO5/c1-3-5-7-9-11-13-15-17-19-21-22-24-28-31-35-39-43-47-51-55-59-65(70)64(63-69)68-66(71)60-56-52-48-44-40-36-32-29-25-23-26-30-34-38-42-46-50-54-58-62-73-67(72)61-57-53-49-45-41-37-33-27-20-18-16-14-12-10-8-6-4-2/h12,14,18,20,23,25,55,59,64-65,69-70H,3-11,13,15-17,19,21-22,24,26-54,56-58,60-63H2,1-2H3,(H,68,71)/b14-12-,20-18-,25-23-,59-55+. The highest BCUT2D eigenvalue weighted by atomic mass is 16.5. The molecule has 0 saturated carbocycles. The molecule has 2 atom stereocenters. The van der Waals surface area contributed by atoms with Gasteiger partial charge in [0.15, 0.2) is 0 Å². The molecule has 0 rings (SSSR count). The number of esters is 1. The van der Waals surface area contributed by atoms with Crippen LogP contribution in [0, 0.1) is 0 Å². The fourth-order valence-electron chi connectivity index (χ4n) is 9.84. The summed E-state index contributed by atoms with van der Waals surface area (Å²) in [5.41, 5.74) is 0. The van der Waals surface area contributed by atoms with Gasteiger partial charge in [0.2, 0.25) is 5.91 Å². The van der Waals surface area contributed by atoms with Gasteiger partial charge in [-0.15, -0.1) is 0 Å². The molecule has 1 amide bonds. The van der Waals surface area contributed by atoms with E-state index in [2.05, 4.69) is 55.6 Å². The predicted octanol–water partition coefficient (Wildman–Crippen LogP) is 20.5. The number of nitrogens with one attached hydrogen (secondary N) is 1. The fourth-order valence-corrected chi connectivity index (χ4v) is 9.84. The van der Waals surface area contributed by atoms with Gasteiger partial charge in [0.05, 0.1) is 25.4 Å². The zero-order chi connectivity index (χ0) is 52.9. The molecule has 428 valence electrons. The zero-order valence-electron chi connectivity index (χ0n) is 48.9. The SMILES string of the molecule is CCCCC/C=C\C/C=C\CCCCCCCCCC(=O)OCCCCCCCCCC/C=C\CCCCCCCCCC(=O)NC(CO)C(O)/C=C/CCCCCCCCCCCCCCCCCCCC. The van der Waals surface area contributed by atoms with Crippen LogP contribution in [0.1, 0.15) is 341 Å². The number of amides is 1. The maximum Gasteiger partial charge on any atom is 0.305 e. The van der Waals surface area contributed by atoms with Gasteiger partial charge in [0, 0.05) is 12.8 Å². The number of carbonyl (C=O) groups is 2. The lowest BCUT2D eigenvalue weighted by Crippen LogP contribution is -2.45. The first-order chi connectivity index (χ1) is 36.0. The van der Waals surface area contributed by atoms with Crippen molar-refractivity contribution >= 4 is 11.9 Å². The molecule has 6 nitrogen and oxygen atoms in total. The number of hydrogen-bond acceptors (Lipinski definition) is 5. The molecule has 0 bridgehead atoms. The normalized spacial score (nSPS) is 12.9. The summed E-state index contributed by atoms with van der Waals surface area (Å²) in [5.74, 6) is -0.0803. The summed E-state index contributed by atoms with van der Waals surface area (Å²) in [6, 6.07) is -0.637. The van der Waals surface area contributed by atoms with Gasteiger partial charge in [0.25, 0.3) is 0 Å². The van der Waals surface area contributed by atoms with E-state index < -0.39 is 12.1 Å². The topological polar surface area (TPSA) is 95.9 Å². The lowest BCUT2D eigenvalue weighted by Gasteiger charge is -2.20. The van der Waals surface area contributed by atoms with Crippen LogP contribution in [0.5, 0.6) is 0 Å². The molecule has 0 aliphatic rings. The Labute approximate surface area is 455 Å². The monoisotopic (exact) mass is 1020 g/mol. The quantitative estimate of drug-likeness (QED) is 0.0320. The van der Waals surface area contributed by atoms with E-state index in [0.29, 0.717) is 19.4 Å². The van der Waals surface area contributed by atoms with Gasteiger partial charge in [-0.1, -0.05) is 287 Å². The Morgan fingerprint density at radius 3 is 1.08 bits per heavy atom. The first-order valence-electron chi connectivity index (χ1n) is 32.4. The molecule has 0 aromatic carbocycles. The van der Waals surface area contributed by atoms with E-state index >= 15 is 0 Å². The van der Waals surface area contributed by atoms with Crippen LogP contribution in [0.2, 0.25) is 0 Å². The third-order valence-corrected chi connectivity index (χ3v) is 14.8. The van der Waals surface area contributed by atoms with E-state index in [1.165, 1.54) is 250 Å². The van der Waals surface area contributed by atoms with Gasteiger partial charge >= 0.3 is 5.97 Å². The largest absolute Gasteiger partial charge is 0.466 e. The molecule has 73 heavy (non-hydrogen) atoms. The molecule has 0 radical (unpaired) electrons. The van der Waals surface area contributed by atoms with Gasteiger partial charge in [-0.2, -0.15) is 0 Å². The molecule has 0 aliphatic carbocycles. The maximum absolute atomic E-state index is 12.5. The molecule has 0 aromatic heterocycles. The molecule has 2 unspecified atom stereocenters. The number of hydrogen-bond donors (Lipinski definition) is 3. The molecule has 0 saturated heterocycles. The van der Waals surface area contributed by atoms with Crippen molar-refractivity contribution in [2.75, 3.05) is 13.2 Å². The van der Waals surface area contributed by atoms with Crippen molar-refractivity contribution in [1.82, 2.24) is 5.32 Å². The summed E-state index contributed by atoms with van der Waals surface area (Å²) in [6.45, 7) is 4.88. The highest BCUT2D eigenvalue weighted by molar-refractivity contribution is 5.76. The summed E-state index contributed by atoms with van der Waals surface area (Å²) in [4.78, 5) is 24.6. The Morgan fingerprint density at radius 2 is 0.685 bits per heavy atom. The highest BCUT2D eigenvalue weighted by Gasteiger charge is 2.18. The highest BCUT2D eigenvalue weighted by Crippen LogP contribution is 2.17. The summed E-state index contributed by atoms with van der Waals surface area (Å²) in [5, 5.41) is 23.2. The van der Waals surface area contributed by atoms with Crippen LogP contribution in [0.3, 0.4) is 0 Å². The van der Waals surface area contributed by atoms with Crippen molar-refractivity contribution in [3.8, 4) is 0 Å². The Kier molecular flexibility index (Phi) is 60.5. The first-order valence-corrected chi connectivity index (χ1v) is 32.4. The van der Waals surface area contributed by atoms with E-state index in [0.717, 1.165) is 64.2 Å². The second kappa shape index (κ2) is 62.4. The number of aliphatic hydroxyl groups is 2. The van der Waals surface area contributed by atoms with E-state index in [1.807, 2.05) is 6.08 Å². The summed E-state index contributed by atoms with van der Waals surface area (Å²) < 4.78 is 5.48. The second-order valence-electron chi connectivity index (χ2n) is 22.1. The fraction of sp³-hybridized carbons (Fsp3) is 0.851. The first kappa shape index (κ1) is 70.8. The molecule has 6 heteroatoms. The molecule has 3 N–H and O–H groups in total. The van der Waals surface area contributed by atoms with Gasteiger partial charge in [0.1, 0.15) is 0 Å². The molecule has 0 fully saturated rings. The van der Waals surface area contributed by atoms with Crippen molar-refractivity contribution in [2.45, 2.75) is 353 Å². The van der Waals surface area contributed by atoms with Gasteiger partial charge in [-0.25, -0.2) is 0 Å². The lowest BCUT2D eigenvalue weighted by molar-refractivity contribution is -0.143. The van der Waals surface area contributed by atoms with Crippen molar-refractivity contribution in [2.24, 2.45) is 0 Å². The van der Waals surface area contributed by atoms with Crippen LogP contribution in [0.25, 0.3) is 0 Å². The average molecular weight is 1020 g/mol. The number of ether oxygens (including phenoxy) is 1. The van der Waals surface area contributed by atoms with E-state index in [9.17, 15) is 19.8 Å². The average Bonchev–Trinajstić information content (AvgIpc) is 3.39. The molecule has 0 aliphatic heterocycles. The molecule has 0 aromatic rings. The van der Waals surface area contributed by atoms with Gasteiger partial charge in [-0.05, 0) is 89.9 Å².